The minimum atomic E-state index is 0.531. The van der Waals surface area contributed by atoms with E-state index in [1.165, 1.54) is 31.2 Å². The first-order valence-electron chi connectivity index (χ1n) is 8.12. The molecule has 1 unspecified atom stereocenters. The molecule has 1 saturated heterocycles. The minimum Gasteiger partial charge on any atom is -0.481 e. The van der Waals surface area contributed by atoms with Crippen LogP contribution in [0, 0.1) is 5.92 Å². The summed E-state index contributed by atoms with van der Waals surface area (Å²) in [6, 6.07) is 4.60. The Labute approximate surface area is 128 Å². The van der Waals surface area contributed by atoms with Gasteiger partial charge in [-0.05, 0) is 50.1 Å². The number of aromatic nitrogens is 1. The number of hydrogen-bond acceptors (Lipinski definition) is 4. The molecule has 1 atom stereocenters. The highest BCUT2D eigenvalue weighted by Crippen LogP contribution is 2.22. The molecule has 0 aromatic carbocycles. The van der Waals surface area contributed by atoms with E-state index in [1.807, 2.05) is 12.3 Å². The van der Waals surface area contributed by atoms with Crippen molar-refractivity contribution in [1.82, 2.24) is 10.3 Å². The van der Waals surface area contributed by atoms with Crippen LogP contribution in [0.15, 0.2) is 18.3 Å². The van der Waals surface area contributed by atoms with Crippen molar-refractivity contribution in [3.05, 3.63) is 23.9 Å². The van der Waals surface area contributed by atoms with Gasteiger partial charge in [-0.25, -0.2) is 4.98 Å². The number of nitrogens with zero attached hydrogens (tertiary/aromatic N) is 1. The van der Waals surface area contributed by atoms with E-state index in [4.69, 9.17) is 9.47 Å². The van der Waals surface area contributed by atoms with Gasteiger partial charge in [-0.2, -0.15) is 0 Å². The van der Waals surface area contributed by atoms with Crippen LogP contribution in [0.2, 0.25) is 0 Å². The second-order valence-corrected chi connectivity index (χ2v) is 5.86. The average Bonchev–Trinajstić information content (AvgIpc) is 2.54. The van der Waals surface area contributed by atoms with Crippen molar-refractivity contribution in [2.75, 3.05) is 26.9 Å². The van der Waals surface area contributed by atoms with Crippen LogP contribution in [-0.2, 0) is 11.2 Å². The highest BCUT2D eigenvalue weighted by molar-refractivity contribution is 5.18. The number of rotatable bonds is 8. The van der Waals surface area contributed by atoms with Crippen LogP contribution in [0.25, 0.3) is 0 Å². The fourth-order valence-electron chi connectivity index (χ4n) is 2.91. The lowest BCUT2D eigenvalue weighted by atomic mass is 9.90. The third-order valence-corrected chi connectivity index (χ3v) is 4.13. The van der Waals surface area contributed by atoms with Gasteiger partial charge < -0.3 is 14.8 Å². The molecule has 0 saturated carbocycles. The molecular weight excluding hydrogens is 264 g/mol. The van der Waals surface area contributed by atoms with Crippen LogP contribution < -0.4 is 10.1 Å². The van der Waals surface area contributed by atoms with E-state index >= 15 is 0 Å². The van der Waals surface area contributed by atoms with E-state index in [1.54, 1.807) is 7.11 Å². The molecule has 4 nitrogen and oxygen atoms in total. The maximum Gasteiger partial charge on any atom is 0.212 e. The lowest BCUT2D eigenvalue weighted by Crippen LogP contribution is -2.35. The monoisotopic (exact) mass is 292 g/mol. The Balaban J connectivity index is 1.90. The van der Waals surface area contributed by atoms with Gasteiger partial charge in [0, 0.05) is 31.5 Å². The number of pyridine rings is 1. The SMILES string of the molecule is CCCNC(Cc1ccc(OC)nc1)CC1CCOCC1. The molecule has 1 aromatic heterocycles. The molecule has 118 valence electrons. The summed E-state index contributed by atoms with van der Waals surface area (Å²) in [6.07, 6.45) is 7.77. The first-order chi connectivity index (χ1) is 10.3. The lowest BCUT2D eigenvalue weighted by molar-refractivity contribution is 0.0605. The van der Waals surface area contributed by atoms with E-state index in [0.717, 1.165) is 32.1 Å². The zero-order valence-corrected chi connectivity index (χ0v) is 13.3. The molecular formula is C17H28N2O2. The molecule has 0 radical (unpaired) electrons. The summed E-state index contributed by atoms with van der Waals surface area (Å²) in [5.41, 5.74) is 1.27. The Bertz CT molecular complexity index is 388. The van der Waals surface area contributed by atoms with Crippen molar-refractivity contribution >= 4 is 0 Å². The Morgan fingerprint density at radius 2 is 2.19 bits per heavy atom. The Morgan fingerprint density at radius 1 is 1.38 bits per heavy atom. The number of hydrogen-bond donors (Lipinski definition) is 1. The molecule has 1 fully saturated rings. The van der Waals surface area contributed by atoms with E-state index < -0.39 is 0 Å². The normalized spacial score (nSPS) is 17.6. The Hall–Kier alpha value is -1.13. The Morgan fingerprint density at radius 3 is 2.81 bits per heavy atom. The van der Waals surface area contributed by atoms with Crippen LogP contribution in [0.3, 0.4) is 0 Å². The molecule has 0 amide bonds. The number of methoxy groups -OCH3 is 1. The van der Waals surface area contributed by atoms with Gasteiger partial charge >= 0.3 is 0 Å². The van der Waals surface area contributed by atoms with Crippen LogP contribution in [0.4, 0.5) is 0 Å². The van der Waals surface area contributed by atoms with E-state index in [-0.39, 0.29) is 0 Å². The Kier molecular flexibility index (Phi) is 6.96. The first-order valence-corrected chi connectivity index (χ1v) is 8.12. The first kappa shape index (κ1) is 16.2. The van der Waals surface area contributed by atoms with Gasteiger partial charge in [-0.1, -0.05) is 13.0 Å². The van der Waals surface area contributed by atoms with Crippen LogP contribution in [0.1, 0.15) is 38.2 Å². The summed E-state index contributed by atoms with van der Waals surface area (Å²) in [7, 11) is 1.65. The van der Waals surface area contributed by atoms with Crippen LogP contribution in [-0.4, -0.2) is 37.9 Å². The molecule has 21 heavy (non-hydrogen) atoms. The molecule has 4 heteroatoms. The van der Waals surface area contributed by atoms with Crippen molar-refractivity contribution < 1.29 is 9.47 Å². The zero-order valence-electron chi connectivity index (χ0n) is 13.3. The lowest BCUT2D eigenvalue weighted by Gasteiger charge is -2.27. The quantitative estimate of drug-likeness (QED) is 0.800. The summed E-state index contributed by atoms with van der Waals surface area (Å²) in [5.74, 6) is 1.47. The maximum atomic E-state index is 5.46. The summed E-state index contributed by atoms with van der Waals surface area (Å²) < 4.78 is 10.6. The van der Waals surface area contributed by atoms with Crippen molar-refractivity contribution in [3.8, 4) is 5.88 Å². The standard InChI is InChI=1S/C17H28N2O2/c1-3-8-18-16(11-14-6-9-21-10-7-14)12-15-4-5-17(20-2)19-13-15/h4-5,13-14,16,18H,3,6-12H2,1-2H3. The predicted molar refractivity (Wildman–Crippen MR) is 84.7 cm³/mol. The summed E-state index contributed by atoms with van der Waals surface area (Å²) in [4.78, 5) is 4.31. The van der Waals surface area contributed by atoms with Gasteiger partial charge in [0.1, 0.15) is 0 Å². The van der Waals surface area contributed by atoms with Crippen molar-refractivity contribution in [2.24, 2.45) is 5.92 Å². The highest BCUT2D eigenvalue weighted by atomic mass is 16.5. The molecule has 0 aliphatic carbocycles. The molecule has 1 aliphatic heterocycles. The summed E-state index contributed by atoms with van der Waals surface area (Å²) in [6.45, 7) is 5.15. The van der Waals surface area contributed by atoms with Gasteiger partial charge in [0.05, 0.1) is 7.11 Å². The topological polar surface area (TPSA) is 43.4 Å². The maximum absolute atomic E-state index is 5.46. The fourth-order valence-corrected chi connectivity index (χ4v) is 2.91. The molecule has 2 heterocycles. The molecule has 1 aliphatic rings. The number of ether oxygens (including phenoxy) is 2. The number of nitrogens with one attached hydrogen (secondary N) is 1. The fraction of sp³-hybridized carbons (Fsp3) is 0.706. The van der Waals surface area contributed by atoms with Gasteiger partial charge in [0.2, 0.25) is 5.88 Å². The van der Waals surface area contributed by atoms with Gasteiger partial charge in [-0.15, -0.1) is 0 Å². The third kappa shape index (κ3) is 5.64. The molecule has 1 N–H and O–H groups in total. The van der Waals surface area contributed by atoms with Crippen LogP contribution >= 0.6 is 0 Å². The second-order valence-electron chi connectivity index (χ2n) is 5.86. The van der Waals surface area contributed by atoms with E-state index in [0.29, 0.717) is 11.9 Å². The van der Waals surface area contributed by atoms with Gasteiger partial charge in [-0.3, -0.25) is 0 Å². The van der Waals surface area contributed by atoms with Gasteiger partial charge in [0.25, 0.3) is 0 Å². The van der Waals surface area contributed by atoms with Crippen molar-refractivity contribution in [1.29, 1.82) is 0 Å². The third-order valence-electron chi connectivity index (χ3n) is 4.13. The molecule has 1 aromatic rings. The van der Waals surface area contributed by atoms with Crippen molar-refractivity contribution in [3.63, 3.8) is 0 Å². The highest BCUT2D eigenvalue weighted by Gasteiger charge is 2.19. The smallest absolute Gasteiger partial charge is 0.212 e. The summed E-state index contributed by atoms with van der Waals surface area (Å²) in [5, 5.41) is 3.69. The van der Waals surface area contributed by atoms with E-state index in [9.17, 15) is 0 Å². The molecule has 0 spiro atoms. The van der Waals surface area contributed by atoms with Gasteiger partial charge in [0.15, 0.2) is 0 Å². The second kappa shape index (κ2) is 9.00. The minimum absolute atomic E-state index is 0.531. The molecule has 2 rings (SSSR count). The zero-order chi connectivity index (χ0) is 14.9. The summed E-state index contributed by atoms with van der Waals surface area (Å²) >= 11 is 0. The van der Waals surface area contributed by atoms with Crippen molar-refractivity contribution in [2.45, 2.75) is 45.1 Å². The predicted octanol–water partition coefficient (Wildman–Crippen LogP) is 2.82. The van der Waals surface area contributed by atoms with E-state index in [2.05, 4.69) is 23.3 Å². The largest absolute Gasteiger partial charge is 0.481 e. The average molecular weight is 292 g/mol. The van der Waals surface area contributed by atoms with Crippen LogP contribution in [0.5, 0.6) is 5.88 Å². The molecule has 0 bridgehead atoms.